The van der Waals surface area contributed by atoms with Gasteiger partial charge in [0.1, 0.15) is 0 Å². The highest BCUT2D eigenvalue weighted by atomic mass is 32.1. The highest BCUT2D eigenvalue weighted by molar-refractivity contribution is 7.19. The minimum absolute atomic E-state index is 0.325. The van der Waals surface area contributed by atoms with E-state index >= 15 is 0 Å². The molecular formula is C17H23N5OS. The van der Waals surface area contributed by atoms with Crippen molar-refractivity contribution >= 4 is 27.5 Å². The molecule has 2 aromatic heterocycles. The first-order chi connectivity index (χ1) is 11.8. The second kappa shape index (κ2) is 5.91. The molecule has 2 fully saturated rings. The van der Waals surface area contributed by atoms with Gasteiger partial charge in [-0.15, -0.1) is 11.3 Å². The number of ether oxygens (including phenoxy) is 1. The van der Waals surface area contributed by atoms with Crippen molar-refractivity contribution in [1.29, 1.82) is 0 Å². The number of anilines is 1. The first-order valence-electron chi connectivity index (χ1n) is 8.86. The number of nitrogens with zero attached hydrogens (tertiary/aromatic N) is 3. The fourth-order valence-electron chi connectivity index (χ4n) is 4.31. The van der Waals surface area contributed by atoms with E-state index in [4.69, 9.17) is 9.72 Å². The number of nitrogens with one attached hydrogen (secondary N) is 2. The van der Waals surface area contributed by atoms with E-state index in [1.807, 2.05) is 24.6 Å². The van der Waals surface area contributed by atoms with Gasteiger partial charge in [-0.2, -0.15) is 0 Å². The van der Waals surface area contributed by atoms with Gasteiger partial charge in [0, 0.05) is 43.6 Å². The summed E-state index contributed by atoms with van der Waals surface area (Å²) in [5, 5.41) is 5.92. The topological polar surface area (TPSA) is 62.3 Å². The van der Waals surface area contributed by atoms with E-state index in [0.717, 1.165) is 43.8 Å². The molecule has 7 heteroatoms. The highest BCUT2D eigenvalue weighted by Gasteiger charge is 2.32. The fraction of sp³-hybridized carbons (Fsp3) is 0.647. The molecule has 2 bridgehead atoms. The smallest absolute Gasteiger partial charge is 0.238 e. The maximum absolute atomic E-state index is 5.58. The average molecular weight is 345 g/mol. The van der Waals surface area contributed by atoms with Crippen LogP contribution < -0.4 is 10.7 Å². The van der Waals surface area contributed by atoms with Crippen LogP contribution in [0.25, 0.3) is 10.2 Å². The van der Waals surface area contributed by atoms with Crippen LogP contribution in [0.3, 0.4) is 0 Å². The first kappa shape index (κ1) is 15.0. The molecule has 6 nitrogen and oxygen atoms in total. The predicted octanol–water partition coefficient (Wildman–Crippen LogP) is 1.96. The van der Waals surface area contributed by atoms with Crippen LogP contribution in [0.5, 0.6) is 0 Å². The normalized spacial score (nSPS) is 29.8. The molecule has 0 radical (unpaired) electrons. The minimum atomic E-state index is 0.325. The molecule has 3 unspecified atom stereocenters. The Kier molecular flexibility index (Phi) is 3.70. The third kappa shape index (κ3) is 2.60. The molecule has 5 rings (SSSR count). The summed E-state index contributed by atoms with van der Waals surface area (Å²) in [7, 11) is 1.81. The monoisotopic (exact) mass is 345 g/mol. The van der Waals surface area contributed by atoms with Gasteiger partial charge in [-0.3, -0.25) is 5.43 Å². The molecule has 0 spiro atoms. The second-order valence-corrected chi connectivity index (χ2v) is 8.30. The number of fused-ring (bicyclic) bond motifs is 5. The number of aromatic nitrogens is 2. The summed E-state index contributed by atoms with van der Waals surface area (Å²) >= 11 is 1.85. The van der Waals surface area contributed by atoms with Gasteiger partial charge in [0.05, 0.1) is 22.5 Å². The van der Waals surface area contributed by atoms with Gasteiger partial charge in [0.2, 0.25) is 5.95 Å². The van der Waals surface area contributed by atoms with Crippen LogP contribution in [0.15, 0.2) is 6.20 Å². The summed E-state index contributed by atoms with van der Waals surface area (Å²) in [5.74, 6) is 0.726. The Balaban J connectivity index is 1.41. The standard InChI is InChI=1S/C17H23N5OS/c1-23-12-4-5-14-13(6-12)16-15(24-14)7-18-17(20-16)21-22-8-10-2-3-11(9-22)19-10/h7,10-12,19H,2-6,8-9H2,1H3,(H,18,20,21). The van der Waals surface area contributed by atoms with Crippen LogP contribution in [-0.2, 0) is 17.6 Å². The number of hydrogen-bond acceptors (Lipinski definition) is 7. The van der Waals surface area contributed by atoms with Crippen LogP contribution in [0, 0.1) is 0 Å². The van der Waals surface area contributed by atoms with Gasteiger partial charge >= 0.3 is 0 Å². The van der Waals surface area contributed by atoms with Gasteiger partial charge < -0.3 is 10.1 Å². The SMILES string of the molecule is COC1CCc2sc3cnc(NN4CC5CCC(C4)N5)nc3c2C1. The number of hydrogen-bond donors (Lipinski definition) is 2. The Morgan fingerprint density at radius 1 is 1.29 bits per heavy atom. The lowest BCUT2D eigenvalue weighted by Gasteiger charge is -2.32. The predicted molar refractivity (Wildman–Crippen MR) is 95.4 cm³/mol. The molecule has 2 aliphatic heterocycles. The number of methoxy groups -OCH3 is 1. The van der Waals surface area contributed by atoms with Crippen molar-refractivity contribution in [2.24, 2.45) is 0 Å². The minimum Gasteiger partial charge on any atom is -0.381 e. The van der Waals surface area contributed by atoms with Crippen molar-refractivity contribution in [2.75, 3.05) is 25.6 Å². The van der Waals surface area contributed by atoms with Crippen molar-refractivity contribution in [1.82, 2.24) is 20.3 Å². The van der Waals surface area contributed by atoms with Crippen molar-refractivity contribution in [3.05, 3.63) is 16.6 Å². The van der Waals surface area contributed by atoms with Gasteiger partial charge in [-0.25, -0.2) is 15.0 Å². The maximum atomic E-state index is 5.58. The zero-order chi connectivity index (χ0) is 16.1. The molecule has 0 aromatic carbocycles. The Hall–Kier alpha value is -1.28. The molecule has 0 amide bonds. The number of piperazine rings is 1. The molecular weight excluding hydrogens is 322 g/mol. The van der Waals surface area contributed by atoms with Gasteiger partial charge in [0.15, 0.2) is 0 Å². The fourth-order valence-corrected chi connectivity index (χ4v) is 5.47. The molecule has 3 atom stereocenters. The van der Waals surface area contributed by atoms with Crippen LogP contribution in [0.2, 0.25) is 0 Å². The van der Waals surface area contributed by atoms with Crippen molar-refractivity contribution in [3.63, 3.8) is 0 Å². The summed E-state index contributed by atoms with van der Waals surface area (Å²) < 4.78 is 6.78. The van der Waals surface area contributed by atoms with E-state index in [1.54, 1.807) is 0 Å². The second-order valence-electron chi connectivity index (χ2n) is 7.17. The van der Waals surface area contributed by atoms with Crippen LogP contribution in [0.1, 0.15) is 29.7 Å². The third-order valence-electron chi connectivity index (χ3n) is 5.54. The Morgan fingerprint density at radius 3 is 2.92 bits per heavy atom. The molecule has 4 heterocycles. The molecule has 2 saturated heterocycles. The Bertz CT molecular complexity index is 751. The Labute approximate surface area is 145 Å². The molecule has 3 aliphatic rings. The summed E-state index contributed by atoms with van der Waals surface area (Å²) in [4.78, 5) is 10.9. The van der Waals surface area contributed by atoms with Crippen molar-refractivity contribution < 1.29 is 4.74 Å². The molecule has 24 heavy (non-hydrogen) atoms. The lowest BCUT2D eigenvalue weighted by atomic mass is 9.95. The van der Waals surface area contributed by atoms with Crippen molar-refractivity contribution in [2.45, 2.75) is 50.3 Å². The molecule has 2 N–H and O–H groups in total. The summed E-state index contributed by atoms with van der Waals surface area (Å²) in [6.07, 6.45) is 8.03. The quantitative estimate of drug-likeness (QED) is 0.887. The van der Waals surface area contributed by atoms with Gasteiger partial charge in [0.25, 0.3) is 0 Å². The number of rotatable bonds is 3. The zero-order valence-electron chi connectivity index (χ0n) is 13.9. The molecule has 0 saturated carbocycles. The largest absolute Gasteiger partial charge is 0.381 e. The molecule has 128 valence electrons. The molecule has 1 aliphatic carbocycles. The lowest BCUT2D eigenvalue weighted by Crippen LogP contribution is -2.53. The number of thiophene rings is 1. The van der Waals surface area contributed by atoms with Gasteiger partial charge in [-0.05, 0) is 31.2 Å². The summed E-state index contributed by atoms with van der Waals surface area (Å²) in [6, 6.07) is 1.22. The third-order valence-corrected chi connectivity index (χ3v) is 6.76. The first-order valence-corrected chi connectivity index (χ1v) is 9.68. The maximum Gasteiger partial charge on any atom is 0.238 e. The van der Waals surface area contributed by atoms with Crippen LogP contribution >= 0.6 is 11.3 Å². The van der Waals surface area contributed by atoms with Crippen LogP contribution in [0.4, 0.5) is 5.95 Å². The van der Waals surface area contributed by atoms with E-state index in [-0.39, 0.29) is 0 Å². The number of aryl methyl sites for hydroxylation is 1. The highest BCUT2D eigenvalue weighted by Crippen LogP contribution is 2.36. The van der Waals surface area contributed by atoms with Gasteiger partial charge in [-0.1, -0.05) is 0 Å². The zero-order valence-corrected chi connectivity index (χ0v) is 14.7. The van der Waals surface area contributed by atoms with E-state index < -0.39 is 0 Å². The summed E-state index contributed by atoms with van der Waals surface area (Å²) in [5.41, 5.74) is 5.93. The van der Waals surface area contributed by atoms with Crippen LogP contribution in [-0.4, -0.2) is 53.4 Å². The van der Waals surface area contributed by atoms with E-state index in [9.17, 15) is 0 Å². The van der Waals surface area contributed by atoms with E-state index in [1.165, 1.54) is 28.0 Å². The average Bonchev–Trinajstić information content (AvgIpc) is 3.13. The van der Waals surface area contributed by atoms with Crippen molar-refractivity contribution in [3.8, 4) is 0 Å². The lowest BCUT2D eigenvalue weighted by molar-refractivity contribution is 0.0919. The van der Waals surface area contributed by atoms with E-state index in [0.29, 0.717) is 18.2 Å². The Morgan fingerprint density at radius 2 is 2.12 bits per heavy atom. The summed E-state index contributed by atoms with van der Waals surface area (Å²) in [6.45, 7) is 2.04. The number of hydrazine groups is 1. The van der Waals surface area contributed by atoms with E-state index in [2.05, 4.69) is 20.7 Å². The molecule has 2 aromatic rings.